The van der Waals surface area contributed by atoms with Crippen LogP contribution in [0, 0.1) is 15.9 Å². The van der Waals surface area contributed by atoms with Crippen LogP contribution in [0.1, 0.15) is 12.8 Å². The fourth-order valence-corrected chi connectivity index (χ4v) is 3.24. The minimum absolute atomic E-state index is 0.0512. The standard InChI is InChI=1S/C20H23FN4O3/c21-18-4-1-2-5-19(18)23-12-14-24(15-13-23)20(26)6-3-11-22-16-7-9-17(10-8-16)25(27)28/h1-2,4-5,7-10,22H,3,6,11-15H2. The van der Waals surface area contributed by atoms with Gasteiger partial charge in [0.25, 0.3) is 5.69 Å². The summed E-state index contributed by atoms with van der Waals surface area (Å²) < 4.78 is 13.9. The number of rotatable bonds is 7. The zero-order chi connectivity index (χ0) is 19.9. The van der Waals surface area contributed by atoms with Gasteiger partial charge >= 0.3 is 0 Å². The summed E-state index contributed by atoms with van der Waals surface area (Å²) in [6.07, 6.45) is 1.10. The Morgan fingerprint density at radius 1 is 1.07 bits per heavy atom. The molecule has 1 N–H and O–H groups in total. The molecule has 28 heavy (non-hydrogen) atoms. The van der Waals surface area contributed by atoms with Gasteiger partial charge in [0, 0.05) is 57.0 Å². The van der Waals surface area contributed by atoms with Crippen molar-refractivity contribution < 1.29 is 14.1 Å². The lowest BCUT2D eigenvalue weighted by molar-refractivity contribution is -0.384. The molecule has 0 radical (unpaired) electrons. The molecule has 0 atom stereocenters. The predicted molar refractivity (Wildman–Crippen MR) is 106 cm³/mol. The molecule has 0 saturated carbocycles. The van der Waals surface area contributed by atoms with Crippen LogP contribution in [0.25, 0.3) is 0 Å². The van der Waals surface area contributed by atoms with Crippen molar-refractivity contribution in [1.29, 1.82) is 0 Å². The summed E-state index contributed by atoms with van der Waals surface area (Å²) in [5, 5.41) is 13.8. The van der Waals surface area contributed by atoms with Crippen LogP contribution in [0.4, 0.5) is 21.5 Å². The van der Waals surface area contributed by atoms with Crippen LogP contribution < -0.4 is 10.2 Å². The lowest BCUT2D eigenvalue weighted by Gasteiger charge is -2.36. The molecule has 1 heterocycles. The molecule has 1 aliphatic heterocycles. The molecule has 0 unspecified atom stereocenters. The van der Waals surface area contributed by atoms with Crippen molar-refractivity contribution in [1.82, 2.24) is 4.90 Å². The lowest BCUT2D eigenvalue weighted by atomic mass is 10.2. The number of non-ortho nitro benzene ring substituents is 1. The molecule has 1 saturated heterocycles. The van der Waals surface area contributed by atoms with E-state index in [0.717, 1.165) is 5.69 Å². The molecular formula is C20H23FN4O3. The summed E-state index contributed by atoms with van der Waals surface area (Å²) in [6, 6.07) is 12.9. The fourth-order valence-electron chi connectivity index (χ4n) is 3.24. The average molecular weight is 386 g/mol. The smallest absolute Gasteiger partial charge is 0.269 e. The third-order valence-electron chi connectivity index (χ3n) is 4.80. The Kier molecular flexibility index (Phi) is 6.41. The number of nitro benzene ring substituents is 1. The molecule has 2 aromatic rings. The molecule has 1 amide bonds. The SMILES string of the molecule is O=C(CCCNc1ccc([N+](=O)[O-])cc1)N1CCN(c2ccccc2F)CC1. The van der Waals surface area contributed by atoms with Crippen LogP contribution in [-0.4, -0.2) is 48.5 Å². The summed E-state index contributed by atoms with van der Waals surface area (Å²) in [5.41, 5.74) is 1.42. The number of hydrogen-bond acceptors (Lipinski definition) is 5. The van der Waals surface area contributed by atoms with E-state index in [4.69, 9.17) is 0 Å². The molecule has 8 heteroatoms. The Labute approximate surface area is 162 Å². The molecule has 148 valence electrons. The average Bonchev–Trinajstić information content (AvgIpc) is 2.72. The normalized spacial score (nSPS) is 14.0. The topological polar surface area (TPSA) is 78.7 Å². The lowest BCUT2D eigenvalue weighted by Crippen LogP contribution is -2.49. The van der Waals surface area contributed by atoms with Crippen molar-refractivity contribution in [2.45, 2.75) is 12.8 Å². The van der Waals surface area contributed by atoms with Gasteiger partial charge in [-0.1, -0.05) is 12.1 Å². The van der Waals surface area contributed by atoms with Crippen LogP contribution >= 0.6 is 0 Å². The third kappa shape index (κ3) is 4.97. The van der Waals surface area contributed by atoms with Gasteiger partial charge in [0.2, 0.25) is 5.91 Å². The number of nitrogens with zero attached hydrogens (tertiary/aromatic N) is 3. The van der Waals surface area contributed by atoms with Gasteiger partial charge in [-0.15, -0.1) is 0 Å². The van der Waals surface area contributed by atoms with E-state index in [1.807, 2.05) is 15.9 Å². The predicted octanol–water partition coefficient (Wildman–Crippen LogP) is 3.27. The van der Waals surface area contributed by atoms with E-state index in [-0.39, 0.29) is 17.4 Å². The number of amides is 1. The van der Waals surface area contributed by atoms with Crippen molar-refractivity contribution in [3.05, 3.63) is 64.5 Å². The molecule has 2 aromatic carbocycles. The number of nitro groups is 1. The molecule has 1 fully saturated rings. The molecular weight excluding hydrogens is 363 g/mol. The number of carbonyl (C=O) groups excluding carboxylic acids is 1. The zero-order valence-electron chi connectivity index (χ0n) is 15.5. The van der Waals surface area contributed by atoms with Gasteiger partial charge < -0.3 is 15.1 Å². The summed E-state index contributed by atoms with van der Waals surface area (Å²) in [5.74, 6) is -0.140. The van der Waals surface area contributed by atoms with Crippen molar-refractivity contribution in [3.63, 3.8) is 0 Å². The van der Waals surface area contributed by atoms with E-state index < -0.39 is 4.92 Å². The van der Waals surface area contributed by atoms with Crippen molar-refractivity contribution >= 4 is 23.0 Å². The molecule has 0 aromatic heterocycles. The number of nitrogens with one attached hydrogen (secondary N) is 1. The molecule has 3 rings (SSSR count). The van der Waals surface area contributed by atoms with Gasteiger partial charge in [0.05, 0.1) is 10.6 Å². The number of hydrogen-bond donors (Lipinski definition) is 1. The van der Waals surface area contributed by atoms with E-state index in [2.05, 4.69) is 5.32 Å². The Morgan fingerprint density at radius 2 is 1.75 bits per heavy atom. The summed E-state index contributed by atoms with van der Waals surface area (Å²) in [7, 11) is 0. The summed E-state index contributed by atoms with van der Waals surface area (Å²) in [6.45, 7) is 3.02. The first kappa shape index (κ1) is 19.6. The molecule has 0 aliphatic carbocycles. The first-order valence-corrected chi connectivity index (χ1v) is 9.30. The Hall–Kier alpha value is -3.16. The second kappa shape index (κ2) is 9.16. The van der Waals surface area contributed by atoms with Gasteiger partial charge in [-0.3, -0.25) is 14.9 Å². The van der Waals surface area contributed by atoms with Crippen LogP contribution in [0.5, 0.6) is 0 Å². The van der Waals surface area contributed by atoms with Gasteiger partial charge in [0.1, 0.15) is 5.82 Å². The monoisotopic (exact) mass is 386 g/mol. The maximum Gasteiger partial charge on any atom is 0.269 e. The second-order valence-electron chi connectivity index (χ2n) is 6.65. The van der Waals surface area contributed by atoms with Crippen LogP contribution in [-0.2, 0) is 4.79 Å². The van der Waals surface area contributed by atoms with Crippen molar-refractivity contribution in [3.8, 4) is 0 Å². The summed E-state index contributed by atoms with van der Waals surface area (Å²) >= 11 is 0. The number of carbonyl (C=O) groups is 1. The minimum Gasteiger partial charge on any atom is -0.385 e. The minimum atomic E-state index is -0.436. The molecule has 0 bridgehead atoms. The second-order valence-corrected chi connectivity index (χ2v) is 6.65. The Balaban J connectivity index is 1.38. The van der Waals surface area contributed by atoms with E-state index in [9.17, 15) is 19.3 Å². The Morgan fingerprint density at radius 3 is 2.39 bits per heavy atom. The van der Waals surface area contributed by atoms with Gasteiger partial charge in [-0.25, -0.2) is 4.39 Å². The van der Waals surface area contributed by atoms with Gasteiger partial charge in [-0.05, 0) is 30.7 Å². The summed E-state index contributed by atoms with van der Waals surface area (Å²) in [4.78, 5) is 26.4. The quantitative estimate of drug-likeness (QED) is 0.449. The number of benzene rings is 2. The highest BCUT2D eigenvalue weighted by Gasteiger charge is 2.22. The maximum atomic E-state index is 13.9. The van der Waals surface area contributed by atoms with E-state index >= 15 is 0 Å². The highest BCUT2D eigenvalue weighted by molar-refractivity contribution is 5.76. The Bertz CT molecular complexity index is 820. The third-order valence-corrected chi connectivity index (χ3v) is 4.80. The van der Waals surface area contributed by atoms with Crippen LogP contribution in [0.15, 0.2) is 48.5 Å². The highest BCUT2D eigenvalue weighted by Crippen LogP contribution is 2.20. The van der Waals surface area contributed by atoms with Crippen LogP contribution in [0.2, 0.25) is 0 Å². The first-order valence-electron chi connectivity index (χ1n) is 9.30. The number of para-hydroxylation sites is 1. The highest BCUT2D eigenvalue weighted by atomic mass is 19.1. The van der Waals surface area contributed by atoms with E-state index in [1.54, 1.807) is 24.3 Å². The first-order chi connectivity index (χ1) is 13.5. The number of piperazine rings is 1. The van der Waals surface area contributed by atoms with E-state index in [1.165, 1.54) is 18.2 Å². The molecule has 1 aliphatic rings. The molecule has 7 nitrogen and oxygen atoms in total. The number of anilines is 2. The largest absolute Gasteiger partial charge is 0.385 e. The van der Waals surface area contributed by atoms with Gasteiger partial charge in [0.15, 0.2) is 0 Å². The fraction of sp³-hybridized carbons (Fsp3) is 0.350. The van der Waals surface area contributed by atoms with Crippen molar-refractivity contribution in [2.75, 3.05) is 42.9 Å². The van der Waals surface area contributed by atoms with Crippen LogP contribution in [0.3, 0.4) is 0 Å². The number of halogens is 1. The van der Waals surface area contributed by atoms with E-state index in [0.29, 0.717) is 51.3 Å². The molecule has 0 spiro atoms. The maximum absolute atomic E-state index is 13.9. The zero-order valence-corrected chi connectivity index (χ0v) is 15.5. The van der Waals surface area contributed by atoms with Gasteiger partial charge in [-0.2, -0.15) is 0 Å². The van der Waals surface area contributed by atoms with Crippen molar-refractivity contribution in [2.24, 2.45) is 0 Å².